The Bertz CT molecular complexity index is 1480. The Morgan fingerprint density at radius 3 is 2.61 bits per heavy atom. The summed E-state index contributed by atoms with van der Waals surface area (Å²) in [5.74, 6) is -1.62. The van der Waals surface area contributed by atoms with Crippen LogP contribution in [-0.4, -0.2) is 43.1 Å². The Kier molecular flexibility index (Phi) is 7.14. The Balaban J connectivity index is 1.45. The lowest BCUT2D eigenvalue weighted by molar-refractivity contribution is -0.116. The zero-order chi connectivity index (χ0) is 26.6. The number of halogens is 1. The second kappa shape index (κ2) is 10.8. The molecule has 8 nitrogen and oxygen atoms in total. The van der Waals surface area contributed by atoms with Crippen LogP contribution in [0.3, 0.4) is 0 Å². The molecule has 1 fully saturated rings. The van der Waals surface area contributed by atoms with E-state index in [1.54, 1.807) is 24.4 Å². The quantitative estimate of drug-likeness (QED) is 0.284. The number of hydrogen-bond acceptors (Lipinski definition) is 4. The fourth-order valence-electron chi connectivity index (χ4n) is 4.61. The molecule has 4 aromatic rings. The second-order valence-corrected chi connectivity index (χ2v) is 9.17. The summed E-state index contributed by atoms with van der Waals surface area (Å²) in [6.45, 7) is 0.313. The molecule has 38 heavy (non-hydrogen) atoms. The number of aromatic carboxylic acids is 1. The van der Waals surface area contributed by atoms with Gasteiger partial charge in [-0.15, -0.1) is 0 Å². The number of rotatable bonds is 8. The first-order valence-corrected chi connectivity index (χ1v) is 12.4. The first-order valence-electron chi connectivity index (χ1n) is 11.9. The molecule has 0 radical (unpaired) electrons. The SMILES string of the molecule is O=C(CCN1C(=S)N[C@@H](c2ccccn2)[C@H]1c1cccn1-c1cccc(C(=O)O)c1)Nc1ccc(F)cc1. The van der Waals surface area contributed by atoms with E-state index in [1.807, 2.05) is 52.1 Å². The summed E-state index contributed by atoms with van der Waals surface area (Å²) >= 11 is 5.71. The normalized spacial score (nSPS) is 16.8. The van der Waals surface area contributed by atoms with E-state index in [4.69, 9.17) is 12.2 Å². The molecule has 1 aliphatic heterocycles. The van der Waals surface area contributed by atoms with Crippen molar-refractivity contribution in [1.82, 2.24) is 19.8 Å². The minimum atomic E-state index is -1.01. The van der Waals surface area contributed by atoms with Gasteiger partial charge in [-0.05, 0) is 78.9 Å². The van der Waals surface area contributed by atoms with Crippen molar-refractivity contribution in [2.45, 2.75) is 18.5 Å². The van der Waals surface area contributed by atoms with Gasteiger partial charge in [0.25, 0.3) is 0 Å². The number of nitrogens with one attached hydrogen (secondary N) is 2. The van der Waals surface area contributed by atoms with Crippen molar-refractivity contribution in [1.29, 1.82) is 0 Å². The lowest BCUT2D eigenvalue weighted by Crippen LogP contribution is -2.33. The van der Waals surface area contributed by atoms with Crippen molar-refractivity contribution >= 4 is 34.9 Å². The van der Waals surface area contributed by atoms with Gasteiger partial charge >= 0.3 is 5.97 Å². The minimum absolute atomic E-state index is 0.139. The Hall–Kier alpha value is -4.57. The number of pyridine rings is 1. The lowest BCUT2D eigenvalue weighted by Gasteiger charge is -2.29. The predicted molar refractivity (Wildman–Crippen MR) is 145 cm³/mol. The molecule has 0 saturated carbocycles. The van der Waals surface area contributed by atoms with Gasteiger partial charge in [0.2, 0.25) is 5.91 Å². The molecule has 2 atom stereocenters. The molecule has 1 saturated heterocycles. The number of benzene rings is 2. The molecule has 1 aliphatic rings. The molecule has 2 aromatic carbocycles. The van der Waals surface area contributed by atoms with E-state index in [2.05, 4.69) is 15.6 Å². The second-order valence-electron chi connectivity index (χ2n) is 8.78. The van der Waals surface area contributed by atoms with Crippen molar-refractivity contribution in [2.24, 2.45) is 0 Å². The molecule has 0 bridgehead atoms. The first kappa shape index (κ1) is 25.1. The molecule has 0 unspecified atom stereocenters. The van der Waals surface area contributed by atoms with Crippen LogP contribution in [0.1, 0.15) is 40.3 Å². The highest BCUT2D eigenvalue weighted by atomic mass is 32.1. The summed E-state index contributed by atoms with van der Waals surface area (Å²) in [6.07, 6.45) is 3.72. The molecule has 3 N–H and O–H groups in total. The van der Waals surface area contributed by atoms with Crippen molar-refractivity contribution in [3.8, 4) is 5.69 Å². The molecule has 10 heteroatoms. The summed E-state index contributed by atoms with van der Waals surface area (Å²) in [4.78, 5) is 30.8. The zero-order valence-corrected chi connectivity index (χ0v) is 20.9. The van der Waals surface area contributed by atoms with E-state index in [0.717, 1.165) is 11.4 Å². The maximum Gasteiger partial charge on any atom is 0.335 e. The van der Waals surface area contributed by atoms with Gasteiger partial charge in [-0.2, -0.15) is 0 Å². The maximum absolute atomic E-state index is 13.2. The monoisotopic (exact) mass is 529 g/mol. The average Bonchev–Trinajstić information content (AvgIpc) is 3.53. The number of carboxylic acids is 1. The van der Waals surface area contributed by atoms with Gasteiger partial charge in [0, 0.05) is 42.4 Å². The number of anilines is 1. The third kappa shape index (κ3) is 5.25. The minimum Gasteiger partial charge on any atom is -0.478 e. The third-order valence-electron chi connectivity index (χ3n) is 6.36. The molecular formula is C28H24FN5O3S. The van der Waals surface area contributed by atoms with Crippen molar-refractivity contribution < 1.29 is 19.1 Å². The van der Waals surface area contributed by atoms with E-state index in [-0.39, 0.29) is 35.8 Å². The summed E-state index contributed by atoms with van der Waals surface area (Å²) in [6, 6.07) is 21.1. The van der Waals surface area contributed by atoms with Crippen LogP contribution in [0.25, 0.3) is 5.69 Å². The summed E-state index contributed by atoms with van der Waals surface area (Å²) in [7, 11) is 0. The molecule has 192 valence electrons. The molecule has 0 spiro atoms. The smallest absolute Gasteiger partial charge is 0.335 e. The molecular weight excluding hydrogens is 505 g/mol. The number of carboxylic acid groups (broad SMARTS) is 1. The van der Waals surface area contributed by atoms with E-state index < -0.39 is 5.97 Å². The highest BCUT2D eigenvalue weighted by Crippen LogP contribution is 2.39. The van der Waals surface area contributed by atoms with Crippen molar-refractivity contribution in [2.75, 3.05) is 11.9 Å². The topological polar surface area (TPSA) is 99.5 Å². The van der Waals surface area contributed by atoms with E-state index in [9.17, 15) is 19.1 Å². The predicted octanol–water partition coefficient (Wildman–Crippen LogP) is 4.71. The molecule has 2 aromatic heterocycles. The van der Waals surface area contributed by atoms with Crippen LogP contribution >= 0.6 is 12.2 Å². The molecule has 1 amide bonds. The summed E-state index contributed by atoms with van der Waals surface area (Å²) in [5.41, 5.74) is 3.02. The Morgan fingerprint density at radius 2 is 1.87 bits per heavy atom. The zero-order valence-electron chi connectivity index (χ0n) is 20.1. The number of aromatic nitrogens is 2. The van der Waals surface area contributed by atoms with E-state index in [0.29, 0.717) is 23.0 Å². The van der Waals surface area contributed by atoms with Gasteiger partial charge in [-0.25, -0.2) is 9.18 Å². The van der Waals surface area contributed by atoms with Crippen LogP contribution in [-0.2, 0) is 4.79 Å². The number of carbonyl (C=O) groups excluding carboxylic acids is 1. The maximum atomic E-state index is 13.2. The van der Waals surface area contributed by atoms with Crippen LogP contribution in [0.15, 0.2) is 91.3 Å². The largest absolute Gasteiger partial charge is 0.478 e. The Labute approximate surface area is 223 Å². The average molecular weight is 530 g/mol. The van der Waals surface area contributed by atoms with Crippen LogP contribution in [0.4, 0.5) is 10.1 Å². The third-order valence-corrected chi connectivity index (χ3v) is 6.71. The van der Waals surface area contributed by atoms with Crippen LogP contribution in [0.2, 0.25) is 0 Å². The van der Waals surface area contributed by atoms with Gasteiger partial charge in [0.1, 0.15) is 5.82 Å². The standard InChI is InChI=1S/C28H24FN5O3S/c29-19-9-11-20(12-10-19)31-24(35)13-16-34-26(25(32-28(34)38)22-7-1-2-14-30-22)23-8-4-15-33(23)21-6-3-5-18(17-21)27(36)37/h1-12,14-15,17,25-26H,13,16H2,(H,31,35)(H,32,38)(H,36,37)/t25-,26+/m0/s1. The van der Waals surface area contributed by atoms with Crippen molar-refractivity contribution in [3.05, 3.63) is 114 Å². The summed E-state index contributed by atoms with van der Waals surface area (Å²) in [5, 5.41) is 16.1. The highest BCUT2D eigenvalue weighted by Gasteiger charge is 2.41. The fourth-order valence-corrected chi connectivity index (χ4v) is 4.94. The van der Waals surface area contributed by atoms with Gasteiger partial charge in [0.15, 0.2) is 5.11 Å². The number of nitrogens with zero attached hydrogens (tertiary/aromatic N) is 3. The highest BCUT2D eigenvalue weighted by molar-refractivity contribution is 7.80. The van der Waals surface area contributed by atoms with Crippen LogP contribution in [0.5, 0.6) is 0 Å². The Morgan fingerprint density at radius 1 is 1.05 bits per heavy atom. The molecule has 5 rings (SSSR count). The van der Waals surface area contributed by atoms with Gasteiger partial charge in [-0.3, -0.25) is 9.78 Å². The van der Waals surface area contributed by atoms with Crippen LogP contribution in [0, 0.1) is 5.82 Å². The van der Waals surface area contributed by atoms with Crippen molar-refractivity contribution in [3.63, 3.8) is 0 Å². The lowest BCUT2D eigenvalue weighted by atomic mass is 10.0. The van der Waals surface area contributed by atoms with Gasteiger partial charge < -0.3 is 25.2 Å². The van der Waals surface area contributed by atoms with E-state index >= 15 is 0 Å². The first-order chi connectivity index (χ1) is 18.4. The van der Waals surface area contributed by atoms with E-state index in [1.165, 1.54) is 24.3 Å². The van der Waals surface area contributed by atoms with Crippen LogP contribution < -0.4 is 10.6 Å². The number of carbonyl (C=O) groups is 2. The number of thiocarbonyl (C=S) groups is 1. The molecule has 3 heterocycles. The summed E-state index contributed by atoms with van der Waals surface area (Å²) < 4.78 is 15.1. The number of hydrogen-bond donors (Lipinski definition) is 3. The molecule has 0 aliphatic carbocycles. The van der Waals surface area contributed by atoms with Gasteiger partial charge in [0.05, 0.1) is 23.3 Å². The fraction of sp³-hybridized carbons (Fsp3) is 0.143. The van der Waals surface area contributed by atoms with Gasteiger partial charge in [-0.1, -0.05) is 12.1 Å². The number of amides is 1.